The standard InChI is InChI=1S/C29H39F2N3O4.C29H35N3O4.C28H39N3O4.C26H32ClN5O4/c1-17-7-8-22-23(33(17)28(37)38-3)9-10-24-26(22)32-27(25(36)15-19-11-13-29(30,31)14-12-19)34(24)21-6-4-5-20(16-21)18(2)35;1-18-12-13-23-24(31(18)29(35)36-3)14-15-25-27(23)30-28(26(34)16-20-8-5-4-6-9-20)32(25)22-11-7-10-21(17-22)19(2)33;1-17-11-12-22-23(30(17)28(34)35-3)13-14-24-26(22)29-27(25(33)15-19-7-4-5-8-19)31(24)21-10-6-9-20(16-21)18(2)32;1-15-7-8-20-21(31(15)26(35)36-3)9-10-22-24(20)29-25(23(34)14-30-13-18(27)12-28-30)32(22)19-6-4-5-17(11-19)16(2)33/h9-10,17,19-21,25,36H,4-8,11-16H2,1-3H3;4-6,8-9,14-15,18,21-22,26,34H,7,10-13,16-17H2,1-3H3;13-14,17,19-21,25,33H,4-12,15-16H2,1-3H3;9-10,12-13,15,17,19,23,34H,4-8,11,14H2,1-3H3/t17-,20+,21+,25-;18-,21+,22+,26-;17-,20+,21+,25+;15-,17+,19+,23+/m0000/s1. The van der Waals surface area contributed by atoms with Crippen molar-refractivity contribution in [2.24, 2.45) is 35.5 Å². The van der Waals surface area contributed by atoms with Gasteiger partial charge in [-0.3, -0.25) is 43.5 Å². The van der Waals surface area contributed by atoms with Gasteiger partial charge in [0.15, 0.2) is 0 Å². The quantitative estimate of drug-likeness (QED) is 0.0515. The van der Waals surface area contributed by atoms with Gasteiger partial charge in [-0.2, -0.15) is 5.10 Å². The van der Waals surface area contributed by atoms with E-state index >= 15 is 0 Å². The number of ether oxygens (including phenoxy) is 4. The van der Waals surface area contributed by atoms with Crippen LogP contribution in [0.3, 0.4) is 0 Å². The number of anilines is 4. The molecule has 30 nitrogen and oxygen atoms in total. The highest BCUT2D eigenvalue weighted by Crippen LogP contribution is 2.51. The van der Waals surface area contributed by atoms with E-state index in [0.717, 1.165) is 255 Å². The van der Waals surface area contributed by atoms with Gasteiger partial charge >= 0.3 is 24.4 Å². The number of carbonyl (C=O) groups excluding carboxylic acids is 8. The largest absolute Gasteiger partial charge is 0.452 e. The molecule has 4 amide bonds. The molecule has 6 saturated carbocycles. The second-order valence-electron chi connectivity index (χ2n) is 43.1. The summed E-state index contributed by atoms with van der Waals surface area (Å²) in [6.45, 7) is 15.0. The Morgan fingerprint density at radius 2 is 0.683 bits per heavy atom. The zero-order valence-corrected chi connectivity index (χ0v) is 86.8. The van der Waals surface area contributed by atoms with E-state index < -0.39 is 42.5 Å². The van der Waals surface area contributed by atoms with Crippen molar-refractivity contribution >= 4 is 126 Å². The van der Waals surface area contributed by atoms with Crippen molar-refractivity contribution < 1.29 is 86.5 Å². The van der Waals surface area contributed by atoms with Crippen LogP contribution in [0.5, 0.6) is 0 Å². The second-order valence-corrected chi connectivity index (χ2v) is 43.5. The lowest BCUT2D eigenvalue weighted by Crippen LogP contribution is -2.42. The van der Waals surface area contributed by atoms with Gasteiger partial charge in [0.1, 0.15) is 70.8 Å². The summed E-state index contributed by atoms with van der Waals surface area (Å²) in [4.78, 5) is 126. The van der Waals surface area contributed by atoms with Gasteiger partial charge < -0.3 is 57.6 Å². The molecular weight excluding hydrogens is 1870 g/mol. The number of imidazole rings is 4. The highest BCUT2D eigenvalue weighted by Gasteiger charge is 2.44. The van der Waals surface area contributed by atoms with Crippen LogP contribution < -0.4 is 19.6 Å². The maximum atomic E-state index is 13.7. The van der Waals surface area contributed by atoms with Gasteiger partial charge in [-0.05, 0) is 275 Å². The van der Waals surface area contributed by atoms with Crippen LogP contribution in [-0.4, -0.2) is 174 Å². The number of benzene rings is 5. The van der Waals surface area contributed by atoms with Gasteiger partial charge in [0, 0.05) is 120 Å². The summed E-state index contributed by atoms with van der Waals surface area (Å²) in [5.74, 6) is 1.37. The van der Waals surface area contributed by atoms with Crippen molar-refractivity contribution in [3.8, 4) is 0 Å². The first-order valence-corrected chi connectivity index (χ1v) is 53.5. The molecule has 780 valence electrons. The lowest BCUT2D eigenvalue weighted by Gasteiger charge is -2.34. The smallest absolute Gasteiger partial charge is 0.414 e. The number of rotatable bonds is 20. The number of alkyl halides is 2. The number of hydrogen-bond acceptors (Lipinski definition) is 21. The first-order chi connectivity index (χ1) is 69.6. The molecule has 0 saturated heterocycles. The minimum atomic E-state index is -2.61. The third-order valence-corrected chi connectivity index (χ3v) is 33.8. The molecule has 0 unspecified atom stereocenters. The van der Waals surface area contributed by atoms with E-state index in [2.05, 4.69) is 29.4 Å². The summed E-state index contributed by atoms with van der Waals surface area (Å²) in [6.07, 6.45) is 25.8. The molecule has 0 bridgehead atoms. The minimum Gasteiger partial charge on any atom is -0.452 e. The fourth-order valence-corrected chi connectivity index (χ4v) is 25.9. The molecule has 10 aromatic rings. The van der Waals surface area contributed by atoms with Crippen LogP contribution in [0, 0.1) is 35.5 Å². The predicted octanol–water partition coefficient (Wildman–Crippen LogP) is 22.8. The topological polar surface area (TPSA) is 356 Å². The van der Waals surface area contributed by atoms with Crippen LogP contribution in [0.1, 0.15) is 348 Å². The summed E-state index contributed by atoms with van der Waals surface area (Å²) in [5, 5.41) is 50.5. The highest BCUT2D eigenvalue weighted by molar-refractivity contribution is 6.30. The molecule has 4 aliphatic heterocycles. The van der Waals surface area contributed by atoms with Crippen LogP contribution >= 0.6 is 11.6 Å². The number of hydrogen-bond donors (Lipinski definition) is 4. The lowest BCUT2D eigenvalue weighted by molar-refractivity contribution is -0.122. The van der Waals surface area contributed by atoms with Crippen LogP contribution in [0.25, 0.3) is 44.1 Å². The number of amides is 4. The van der Waals surface area contributed by atoms with Crippen molar-refractivity contribution in [1.82, 2.24) is 48.0 Å². The van der Waals surface area contributed by atoms with Crippen molar-refractivity contribution in [3.05, 3.63) is 147 Å². The molecule has 4 N–H and O–H groups in total. The zero-order chi connectivity index (χ0) is 103. The third kappa shape index (κ3) is 22.1. The monoisotopic (exact) mass is 2020 g/mol. The Morgan fingerprint density at radius 3 is 0.972 bits per heavy atom. The van der Waals surface area contributed by atoms with Crippen molar-refractivity contribution in [1.29, 1.82) is 0 Å². The van der Waals surface area contributed by atoms with Crippen molar-refractivity contribution in [2.45, 2.75) is 365 Å². The number of ketones is 4. The van der Waals surface area contributed by atoms with E-state index in [9.17, 15) is 67.6 Å². The molecule has 33 heteroatoms. The number of nitrogens with zero attached hydrogens (tertiary/aromatic N) is 14. The van der Waals surface area contributed by atoms with E-state index in [1.807, 2.05) is 100 Å². The number of aromatic nitrogens is 10. The van der Waals surface area contributed by atoms with E-state index in [0.29, 0.717) is 60.5 Å². The number of Topliss-reactive ketones (excluding diaryl/α,β-unsaturated/α-hetero) is 4. The highest BCUT2D eigenvalue weighted by atomic mass is 35.5. The molecule has 5 aromatic heterocycles. The minimum absolute atomic E-state index is 0.00408. The molecule has 145 heavy (non-hydrogen) atoms. The van der Waals surface area contributed by atoms with Gasteiger partial charge in [0.05, 0.1) is 113 Å². The Morgan fingerprint density at radius 1 is 0.386 bits per heavy atom. The normalized spacial score (nSPS) is 24.6. The zero-order valence-electron chi connectivity index (χ0n) is 86.1. The molecule has 5 aromatic carbocycles. The Hall–Kier alpha value is -11.1. The van der Waals surface area contributed by atoms with E-state index in [-0.39, 0.29) is 133 Å². The Balaban J connectivity index is 0.000000132. The maximum Gasteiger partial charge on any atom is 0.414 e. The van der Waals surface area contributed by atoms with Gasteiger partial charge in [-0.1, -0.05) is 93.3 Å². The number of carbonyl (C=O) groups is 8. The molecule has 9 heterocycles. The number of methoxy groups -OCH3 is 4. The number of halogens is 3. The maximum absolute atomic E-state index is 13.7. The molecule has 6 aliphatic carbocycles. The lowest BCUT2D eigenvalue weighted by atomic mass is 9.82. The van der Waals surface area contributed by atoms with Crippen LogP contribution in [0.2, 0.25) is 5.02 Å². The van der Waals surface area contributed by atoms with Crippen molar-refractivity contribution in [3.63, 3.8) is 0 Å². The SMILES string of the molecule is COC(=O)N1c2ccc3c(nc([C@@H](O)CC4CCC(F)(F)CC4)n3[C@@H]3CCC[C@@H](C(C)=O)C3)c2CC[C@@H]1C.COC(=O)N1c2ccc3c(nc([C@@H](O)Cc4ccccc4)n3[C@@H]3CCC[C@@H](C(C)=O)C3)c2CC[C@@H]1C.COC(=O)N1c2ccc3c(nc([C@H](O)CC4CCCC4)n3[C@@H]3CCC[C@@H](C(C)=O)C3)c2CC[C@@H]1C.COC(=O)N1c2ccc3c(nc([C@H](O)Cn4cc(Cl)cn4)n3[C@@H]3CCC[C@@H](C(C)=O)C3)c2CC[C@@H]1C. The van der Waals surface area contributed by atoms with Crippen LogP contribution in [0.4, 0.5) is 50.7 Å². The molecule has 20 rings (SSSR count). The van der Waals surface area contributed by atoms with E-state index in [1.165, 1.54) is 60.3 Å². The molecule has 10 aliphatic rings. The molecule has 0 spiro atoms. The van der Waals surface area contributed by atoms with Gasteiger partial charge in [0.2, 0.25) is 5.92 Å². The first-order valence-electron chi connectivity index (χ1n) is 53.1. The van der Waals surface area contributed by atoms with Crippen LogP contribution in [-0.2, 0) is 76.8 Å². The first kappa shape index (κ1) is 105. The van der Waals surface area contributed by atoms with Crippen LogP contribution in [0.15, 0.2) is 91.3 Å². The average molecular weight is 2020 g/mol. The fourth-order valence-electron chi connectivity index (χ4n) is 25.8. The number of aliphatic hydroxyl groups is 4. The summed E-state index contributed by atoms with van der Waals surface area (Å²) in [7, 11) is 5.59. The van der Waals surface area contributed by atoms with E-state index in [1.54, 1.807) is 58.2 Å². The summed E-state index contributed by atoms with van der Waals surface area (Å²) >= 11 is 6.03. The summed E-state index contributed by atoms with van der Waals surface area (Å²) < 4.78 is 58.1. The van der Waals surface area contributed by atoms with E-state index in [4.69, 9.17) is 50.5 Å². The van der Waals surface area contributed by atoms with Gasteiger partial charge in [0.25, 0.3) is 0 Å². The fraction of sp³-hybridized carbons (Fsp3) is 0.598. The summed E-state index contributed by atoms with van der Waals surface area (Å²) in [6, 6.07) is 26.2. The number of aliphatic hydroxyl groups excluding tert-OH is 4. The number of fused-ring (bicyclic) bond motifs is 12. The molecule has 16 atom stereocenters. The Bertz CT molecular complexity index is 6390. The molecule has 6 fully saturated rings. The van der Waals surface area contributed by atoms with Gasteiger partial charge in [-0.15, -0.1) is 0 Å². The van der Waals surface area contributed by atoms with Crippen molar-refractivity contribution in [2.75, 3.05) is 48.0 Å². The second kappa shape index (κ2) is 45.3. The molecule has 0 radical (unpaired) electrons. The average Bonchev–Trinajstić information content (AvgIpc) is 1.60. The predicted molar refractivity (Wildman–Crippen MR) is 552 cm³/mol. The number of aryl methyl sites for hydroxylation is 4. The van der Waals surface area contributed by atoms with Gasteiger partial charge in [-0.25, -0.2) is 47.9 Å². The summed E-state index contributed by atoms with van der Waals surface area (Å²) in [5.41, 5.74) is 15.3. The Labute approximate surface area is 852 Å². The molecular formula is C112H145ClF2N14O16. The third-order valence-electron chi connectivity index (χ3n) is 33.6. The Kier molecular flexibility index (Phi) is 32.9.